The third kappa shape index (κ3) is 2.95. The van der Waals surface area contributed by atoms with E-state index in [0.717, 1.165) is 5.56 Å². The van der Waals surface area contributed by atoms with Gasteiger partial charge in [0.1, 0.15) is 0 Å². The van der Waals surface area contributed by atoms with Crippen LogP contribution in [0.25, 0.3) is 0 Å². The zero-order valence-corrected chi connectivity index (χ0v) is 13.6. The van der Waals surface area contributed by atoms with E-state index < -0.39 is 0 Å². The van der Waals surface area contributed by atoms with Crippen LogP contribution in [0.1, 0.15) is 24.2 Å². The highest BCUT2D eigenvalue weighted by atomic mass is 32.2. The fourth-order valence-electron chi connectivity index (χ4n) is 2.62. The summed E-state index contributed by atoms with van der Waals surface area (Å²) >= 11 is 1.77. The van der Waals surface area contributed by atoms with Crippen molar-refractivity contribution >= 4 is 17.7 Å². The number of thioether (sulfide) groups is 1. The molecule has 1 aliphatic heterocycles. The fraction of sp³-hybridized carbons (Fsp3) is 0.211. The van der Waals surface area contributed by atoms with Crippen LogP contribution in [0.5, 0.6) is 0 Å². The topological polar surface area (TPSA) is 20.3 Å². The first-order valence-corrected chi connectivity index (χ1v) is 8.27. The molecular weight excluding hydrogens is 290 g/mol. The van der Waals surface area contributed by atoms with Crippen LogP contribution in [-0.4, -0.2) is 23.4 Å². The fourth-order valence-corrected chi connectivity index (χ4v) is 3.73. The molecular formula is C19H19NOS. The Morgan fingerprint density at radius 1 is 1.05 bits per heavy atom. The Labute approximate surface area is 135 Å². The summed E-state index contributed by atoms with van der Waals surface area (Å²) in [7, 11) is 0. The molecule has 0 radical (unpaired) electrons. The Morgan fingerprint density at radius 2 is 1.64 bits per heavy atom. The molecule has 0 saturated heterocycles. The Balaban J connectivity index is 1.77. The first kappa shape index (κ1) is 14.9. The molecule has 1 aliphatic rings. The van der Waals surface area contributed by atoms with E-state index in [9.17, 15) is 4.79 Å². The molecule has 1 amide bonds. The molecule has 112 valence electrons. The summed E-state index contributed by atoms with van der Waals surface area (Å²) < 4.78 is 0. The van der Waals surface area contributed by atoms with Crippen molar-refractivity contribution in [1.29, 1.82) is 0 Å². The molecule has 1 atom stereocenters. The lowest BCUT2D eigenvalue weighted by Crippen LogP contribution is -2.35. The van der Waals surface area contributed by atoms with Crippen LogP contribution in [0, 0.1) is 0 Å². The SMILES string of the molecule is CC1=C(Sc2ccccc2)CN(C(=O)c2ccccc2)C1C. The highest BCUT2D eigenvalue weighted by molar-refractivity contribution is 8.03. The Bertz CT molecular complexity index is 694. The molecule has 1 heterocycles. The number of benzene rings is 2. The third-order valence-electron chi connectivity index (χ3n) is 4.11. The van der Waals surface area contributed by atoms with Gasteiger partial charge in [-0.15, -0.1) is 0 Å². The molecule has 0 spiro atoms. The van der Waals surface area contributed by atoms with Crippen LogP contribution in [0.2, 0.25) is 0 Å². The lowest BCUT2D eigenvalue weighted by molar-refractivity contribution is 0.0754. The van der Waals surface area contributed by atoms with E-state index in [1.54, 1.807) is 11.8 Å². The van der Waals surface area contributed by atoms with Crippen molar-refractivity contribution in [2.24, 2.45) is 0 Å². The highest BCUT2D eigenvalue weighted by Gasteiger charge is 2.31. The summed E-state index contributed by atoms with van der Waals surface area (Å²) in [4.78, 5) is 17.1. The quantitative estimate of drug-likeness (QED) is 0.826. The number of hydrogen-bond acceptors (Lipinski definition) is 2. The number of hydrogen-bond donors (Lipinski definition) is 0. The van der Waals surface area contributed by atoms with Crippen molar-refractivity contribution < 1.29 is 4.79 Å². The van der Waals surface area contributed by atoms with Crippen LogP contribution < -0.4 is 0 Å². The smallest absolute Gasteiger partial charge is 0.254 e. The van der Waals surface area contributed by atoms with Crippen LogP contribution in [0.4, 0.5) is 0 Å². The van der Waals surface area contributed by atoms with Gasteiger partial charge in [0.2, 0.25) is 0 Å². The van der Waals surface area contributed by atoms with Gasteiger partial charge in [0, 0.05) is 15.4 Å². The molecule has 2 nitrogen and oxygen atoms in total. The van der Waals surface area contributed by atoms with Gasteiger partial charge in [-0.3, -0.25) is 4.79 Å². The Hall–Kier alpha value is -2.00. The maximum Gasteiger partial charge on any atom is 0.254 e. The van der Waals surface area contributed by atoms with Crippen LogP contribution >= 0.6 is 11.8 Å². The number of carbonyl (C=O) groups is 1. The summed E-state index contributed by atoms with van der Waals surface area (Å²) in [5.74, 6) is 0.108. The average Bonchev–Trinajstić information content (AvgIpc) is 2.84. The minimum atomic E-state index is 0.108. The largest absolute Gasteiger partial charge is 0.327 e. The van der Waals surface area contributed by atoms with E-state index in [1.165, 1.54) is 15.4 Å². The lowest BCUT2D eigenvalue weighted by atomic mass is 10.1. The summed E-state index contributed by atoms with van der Waals surface area (Å²) in [5.41, 5.74) is 2.05. The van der Waals surface area contributed by atoms with E-state index in [4.69, 9.17) is 0 Å². The van der Waals surface area contributed by atoms with Crippen molar-refractivity contribution in [3.05, 3.63) is 76.7 Å². The van der Waals surface area contributed by atoms with Gasteiger partial charge in [-0.05, 0) is 43.7 Å². The molecule has 0 saturated carbocycles. The number of rotatable bonds is 3. The maximum atomic E-state index is 12.7. The average molecular weight is 309 g/mol. The third-order valence-corrected chi connectivity index (χ3v) is 5.32. The summed E-state index contributed by atoms with van der Waals surface area (Å²) in [6.07, 6.45) is 0. The summed E-state index contributed by atoms with van der Waals surface area (Å²) in [6, 6.07) is 20.0. The van der Waals surface area contributed by atoms with Crippen molar-refractivity contribution in [3.8, 4) is 0 Å². The normalized spacial score (nSPS) is 17.9. The van der Waals surface area contributed by atoms with Gasteiger partial charge in [-0.1, -0.05) is 48.2 Å². The van der Waals surface area contributed by atoms with Gasteiger partial charge in [-0.2, -0.15) is 0 Å². The first-order chi connectivity index (χ1) is 10.7. The molecule has 2 aromatic rings. The number of carbonyl (C=O) groups excluding carboxylic acids is 1. The summed E-state index contributed by atoms with van der Waals surface area (Å²) in [5, 5.41) is 0. The number of amides is 1. The van der Waals surface area contributed by atoms with Crippen molar-refractivity contribution in [3.63, 3.8) is 0 Å². The zero-order chi connectivity index (χ0) is 15.5. The van der Waals surface area contributed by atoms with Gasteiger partial charge in [0.15, 0.2) is 0 Å². The van der Waals surface area contributed by atoms with Crippen molar-refractivity contribution in [2.75, 3.05) is 6.54 Å². The molecule has 2 aromatic carbocycles. The van der Waals surface area contributed by atoms with E-state index in [1.807, 2.05) is 53.4 Å². The standard InChI is InChI=1S/C19H19NOS/c1-14-15(2)20(19(21)16-9-5-3-6-10-16)13-18(14)22-17-11-7-4-8-12-17/h3-12,15H,13H2,1-2H3. The van der Waals surface area contributed by atoms with Crippen molar-refractivity contribution in [2.45, 2.75) is 24.8 Å². The van der Waals surface area contributed by atoms with E-state index >= 15 is 0 Å². The van der Waals surface area contributed by atoms with Crippen LogP contribution in [0.3, 0.4) is 0 Å². The van der Waals surface area contributed by atoms with Gasteiger partial charge >= 0.3 is 0 Å². The minimum absolute atomic E-state index is 0.108. The second kappa shape index (κ2) is 6.41. The molecule has 3 heteroatoms. The van der Waals surface area contributed by atoms with Gasteiger partial charge in [0.05, 0.1) is 12.6 Å². The van der Waals surface area contributed by atoms with E-state index in [2.05, 4.69) is 26.0 Å². The zero-order valence-electron chi connectivity index (χ0n) is 12.8. The molecule has 0 N–H and O–H groups in total. The Kier molecular flexibility index (Phi) is 4.34. The summed E-state index contributed by atoms with van der Waals surface area (Å²) in [6.45, 7) is 4.93. The lowest BCUT2D eigenvalue weighted by Gasteiger charge is -2.23. The number of nitrogens with zero attached hydrogens (tertiary/aromatic N) is 1. The molecule has 3 rings (SSSR count). The molecule has 22 heavy (non-hydrogen) atoms. The first-order valence-electron chi connectivity index (χ1n) is 7.45. The molecule has 0 fully saturated rings. The van der Waals surface area contributed by atoms with Crippen molar-refractivity contribution in [1.82, 2.24) is 4.90 Å². The second-order valence-corrected chi connectivity index (χ2v) is 6.66. The van der Waals surface area contributed by atoms with E-state index in [0.29, 0.717) is 6.54 Å². The predicted octanol–water partition coefficient (Wildman–Crippen LogP) is 4.60. The predicted molar refractivity (Wildman–Crippen MR) is 91.9 cm³/mol. The molecule has 0 aliphatic carbocycles. The maximum absolute atomic E-state index is 12.7. The van der Waals surface area contributed by atoms with Crippen LogP contribution in [-0.2, 0) is 0 Å². The molecule has 0 bridgehead atoms. The molecule has 1 unspecified atom stereocenters. The Morgan fingerprint density at radius 3 is 2.27 bits per heavy atom. The molecule has 0 aromatic heterocycles. The van der Waals surface area contributed by atoms with Gasteiger partial charge < -0.3 is 4.90 Å². The van der Waals surface area contributed by atoms with Crippen LogP contribution in [0.15, 0.2) is 76.0 Å². The monoisotopic (exact) mass is 309 g/mol. The second-order valence-electron chi connectivity index (χ2n) is 5.50. The van der Waals surface area contributed by atoms with Gasteiger partial charge in [-0.25, -0.2) is 0 Å². The van der Waals surface area contributed by atoms with Gasteiger partial charge in [0.25, 0.3) is 5.91 Å². The highest BCUT2D eigenvalue weighted by Crippen LogP contribution is 2.36. The minimum Gasteiger partial charge on any atom is -0.327 e. The van der Waals surface area contributed by atoms with E-state index in [-0.39, 0.29) is 11.9 Å².